The molecule has 1 atom stereocenters. The first-order valence-corrected chi connectivity index (χ1v) is 6.43. The van der Waals surface area contributed by atoms with Crippen LogP contribution in [0.5, 0.6) is 0 Å². The summed E-state index contributed by atoms with van der Waals surface area (Å²) in [6.45, 7) is 3.87. The van der Waals surface area contributed by atoms with Crippen LogP contribution in [0.1, 0.15) is 20.3 Å². The van der Waals surface area contributed by atoms with Gasteiger partial charge in [-0.1, -0.05) is 19.1 Å². The van der Waals surface area contributed by atoms with Crippen LogP contribution >= 0.6 is 27.7 Å². The van der Waals surface area contributed by atoms with E-state index in [1.54, 1.807) is 11.8 Å². The Morgan fingerprint density at radius 2 is 2.07 bits per heavy atom. The molecule has 0 radical (unpaired) electrons. The third-order valence-electron chi connectivity index (χ3n) is 2.14. The van der Waals surface area contributed by atoms with Crippen molar-refractivity contribution < 1.29 is 5.11 Å². The maximum atomic E-state index is 9.84. The van der Waals surface area contributed by atoms with E-state index in [9.17, 15) is 5.11 Å². The molecule has 0 spiro atoms. The molecule has 1 N–H and O–H groups in total. The summed E-state index contributed by atoms with van der Waals surface area (Å²) in [4.78, 5) is 1.18. The fraction of sp³-hybridized carbons (Fsp3) is 0.455. The Bertz CT molecular complexity index is 299. The Balaban J connectivity index is 2.58. The molecule has 1 aromatic carbocycles. The highest BCUT2D eigenvalue weighted by Crippen LogP contribution is 2.30. The minimum atomic E-state index is -0.569. The molecule has 0 aliphatic rings. The van der Waals surface area contributed by atoms with E-state index in [1.807, 2.05) is 32.0 Å². The molecule has 1 nitrogen and oxygen atoms in total. The summed E-state index contributed by atoms with van der Waals surface area (Å²) in [5.74, 6) is 0.728. The van der Waals surface area contributed by atoms with Crippen molar-refractivity contribution in [3.8, 4) is 0 Å². The zero-order valence-corrected chi connectivity index (χ0v) is 10.9. The highest BCUT2D eigenvalue weighted by atomic mass is 79.9. The van der Waals surface area contributed by atoms with Crippen molar-refractivity contribution in [1.82, 2.24) is 0 Å². The molecule has 0 bridgehead atoms. The van der Waals surface area contributed by atoms with Gasteiger partial charge >= 0.3 is 0 Å². The SMILES string of the molecule is CCC(C)(O)CSc1ccccc1Br. The number of hydrogen-bond acceptors (Lipinski definition) is 2. The molecule has 0 aliphatic heterocycles. The van der Waals surface area contributed by atoms with Gasteiger partial charge < -0.3 is 5.11 Å². The quantitative estimate of drug-likeness (QED) is 0.845. The third-order valence-corrected chi connectivity index (χ3v) is 4.52. The fourth-order valence-electron chi connectivity index (χ4n) is 0.897. The van der Waals surface area contributed by atoms with Crippen molar-refractivity contribution in [3.63, 3.8) is 0 Å². The third kappa shape index (κ3) is 3.64. The van der Waals surface area contributed by atoms with E-state index < -0.39 is 5.60 Å². The van der Waals surface area contributed by atoms with Gasteiger partial charge in [-0.05, 0) is 41.4 Å². The number of aliphatic hydroxyl groups is 1. The molecule has 1 unspecified atom stereocenters. The summed E-state index contributed by atoms with van der Waals surface area (Å²) >= 11 is 5.17. The van der Waals surface area contributed by atoms with Crippen LogP contribution in [0.4, 0.5) is 0 Å². The van der Waals surface area contributed by atoms with E-state index in [4.69, 9.17) is 0 Å². The van der Waals surface area contributed by atoms with Gasteiger partial charge in [0.25, 0.3) is 0 Å². The van der Waals surface area contributed by atoms with Crippen LogP contribution in [0.2, 0.25) is 0 Å². The molecule has 0 saturated heterocycles. The first-order valence-electron chi connectivity index (χ1n) is 4.65. The van der Waals surface area contributed by atoms with E-state index in [0.29, 0.717) is 0 Å². The summed E-state index contributed by atoms with van der Waals surface area (Å²) in [5, 5.41) is 9.84. The second-order valence-corrected chi connectivity index (χ2v) is 5.44. The lowest BCUT2D eigenvalue weighted by Gasteiger charge is -2.20. The van der Waals surface area contributed by atoms with E-state index in [0.717, 1.165) is 16.6 Å². The van der Waals surface area contributed by atoms with Crippen LogP contribution < -0.4 is 0 Å². The maximum absolute atomic E-state index is 9.84. The Labute approximate surface area is 98.0 Å². The van der Waals surface area contributed by atoms with E-state index >= 15 is 0 Å². The van der Waals surface area contributed by atoms with Gasteiger partial charge in [0.15, 0.2) is 0 Å². The van der Waals surface area contributed by atoms with Gasteiger partial charge in [0, 0.05) is 15.1 Å². The number of thioether (sulfide) groups is 1. The largest absolute Gasteiger partial charge is 0.389 e. The van der Waals surface area contributed by atoms with Gasteiger partial charge in [-0.15, -0.1) is 11.8 Å². The Hall–Kier alpha value is 0.01000. The monoisotopic (exact) mass is 274 g/mol. The molecule has 1 aromatic rings. The molecule has 0 fully saturated rings. The van der Waals surface area contributed by atoms with Gasteiger partial charge in [0.05, 0.1) is 5.60 Å². The molecular weight excluding hydrogens is 260 g/mol. The summed E-state index contributed by atoms with van der Waals surface area (Å²) in [5.41, 5.74) is -0.569. The summed E-state index contributed by atoms with van der Waals surface area (Å²) in [6, 6.07) is 8.07. The Morgan fingerprint density at radius 1 is 1.43 bits per heavy atom. The van der Waals surface area contributed by atoms with Gasteiger partial charge in [0.1, 0.15) is 0 Å². The van der Waals surface area contributed by atoms with Gasteiger partial charge in [0.2, 0.25) is 0 Å². The predicted molar refractivity (Wildman–Crippen MR) is 65.8 cm³/mol. The van der Waals surface area contributed by atoms with Crippen LogP contribution in [-0.2, 0) is 0 Å². The topological polar surface area (TPSA) is 20.2 Å². The number of hydrogen-bond donors (Lipinski definition) is 1. The number of rotatable bonds is 4. The zero-order chi connectivity index (χ0) is 10.6. The molecule has 0 aromatic heterocycles. The Kier molecular flexibility index (Phi) is 4.48. The van der Waals surface area contributed by atoms with E-state index in [-0.39, 0.29) is 0 Å². The predicted octanol–water partition coefficient (Wildman–Crippen LogP) is 3.70. The summed E-state index contributed by atoms with van der Waals surface area (Å²) < 4.78 is 1.09. The summed E-state index contributed by atoms with van der Waals surface area (Å²) in [7, 11) is 0. The van der Waals surface area contributed by atoms with E-state index in [2.05, 4.69) is 22.0 Å². The molecular formula is C11H15BrOS. The van der Waals surface area contributed by atoms with Crippen molar-refractivity contribution in [2.45, 2.75) is 30.8 Å². The lowest BCUT2D eigenvalue weighted by molar-refractivity contribution is 0.0816. The molecule has 0 amide bonds. The molecule has 1 rings (SSSR count). The smallest absolute Gasteiger partial charge is 0.0710 e. The molecule has 0 saturated carbocycles. The maximum Gasteiger partial charge on any atom is 0.0710 e. The number of halogens is 1. The fourth-order valence-corrected chi connectivity index (χ4v) is 2.58. The summed E-state index contributed by atoms with van der Waals surface area (Å²) in [6.07, 6.45) is 0.782. The lowest BCUT2D eigenvalue weighted by Crippen LogP contribution is -2.25. The van der Waals surface area contributed by atoms with Crippen molar-refractivity contribution in [3.05, 3.63) is 28.7 Å². The molecule has 78 valence electrons. The molecule has 3 heteroatoms. The van der Waals surface area contributed by atoms with Crippen LogP contribution in [0.15, 0.2) is 33.6 Å². The highest BCUT2D eigenvalue weighted by Gasteiger charge is 2.17. The van der Waals surface area contributed by atoms with Gasteiger partial charge in [-0.2, -0.15) is 0 Å². The van der Waals surface area contributed by atoms with Crippen molar-refractivity contribution in [2.75, 3.05) is 5.75 Å². The normalized spacial score (nSPS) is 15.1. The van der Waals surface area contributed by atoms with Crippen LogP contribution in [0.25, 0.3) is 0 Å². The standard InChI is InChI=1S/C11H15BrOS/c1-3-11(2,13)8-14-10-7-5-4-6-9(10)12/h4-7,13H,3,8H2,1-2H3. The zero-order valence-electron chi connectivity index (χ0n) is 8.46. The molecule has 14 heavy (non-hydrogen) atoms. The van der Waals surface area contributed by atoms with Crippen molar-refractivity contribution in [2.24, 2.45) is 0 Å². The van der Waals surface area contributed by atoms with Crippen molar-refractivity contribution in [1.29, 1.82) is 0 Å². The van der Waals surface area contributed by atoms with Gasteiger partial charge in [-0.3, -0.25) is 0 Å². The van der Waals surface area contributed by atoms with Crippen molar-refractivity contribution >= 4 is 27.7 Å². The van der Waals surface area contributed by atoms with E-state index in [1.165, 1.54) is 4.90 Å². The average Bonchev–Trinajstić information content (AvgIpc) is 2.17. The minimum absolute atomic E-state index is 0.569. The minimum Gasteiger partial charge on any atom is -0.389 e. The van der Waals surface area contributed by atoms with Crippen LogP contribution in [-0.4, -0.2) is 16.5 Å². The highest BCUT2D eigenvalue weighted by molar-refractivity contribution is 9.10. The Morgan fingerprint density at radius 3 is 2.64 bits per heavy atom. The van der Waals surface area contributed by atoms with Crippen LogP contribution in [0.3, 0.4) is 0 Å². The lowest BCUT2D eigenvalue weighted by atomic mass is 10.1. The second-order valence-electron chi connectivity index (χ2n) is 3.57. The van der Waals surface area contributed by atoms with Gasteiger partial charge in [-0.25, -0.2) is 0 Å². The molecule has 0 aliphatic carbocycles. The number of benzene rings is 1. The first-order chi connectivity index (χ1) is 6.55. The molecule has 0 heterocycles. The van der Waals surface area contributed by atoms with Crippen LogP contribution in [0, 0.1) is 0 Å². The second kappa shape index (κ2) is 5.19. The first kappa shape index (κ1) is 12.1. The average molecular weight is 275 g/mol.